The lowest BCUT2D eigenvalue weighted by Crippen LogP contribution is -2.44. The van der Waals surface area contributed by atoms with Crippen LogP contribution in [0.3, 0.4) is 0 Å². The quantitative estimate of drug-likeness (QED) is 0.674. The average Bonchev–Trinajstić information content (AvgIpc) is 2.70. The maximum Gasteiger partial charge on any atom is 0.228 e. The second-order valence-corrected chi connectivity index (χ2v) is 10.2. The van der Waals surface area contributed by atoms with Gasteiger partial charge in [-0.3, -0.25) is 4.79 Å². The smallest absolute Gasteiger partial charge is 0.228 e. The molecule has 1 N–H and O–H groups in total. The van der Waals surface area contributed by atoms with Gasteiger partial charge in [-0.1, -0.05) is 35.3 Å². The molecule has 0 unspecified atom stereocenters. The monoisotopic (exact) mass is 470 g/mol. The number of benzene rings is 2. The van der Waals surface area contributed by atoms with Crippen molar-refractivity contribution in [3.8, 4) is 5.75 Å². The number of anilines is 1. The lowest BCUT2D eigenvalue weighted by atomic mass is 9.98. The van der Waals surface area contributed by atoms with Gasteiger partial charge in [-0.05, 0) is 55.2 Å². The summed E-state index contributed by atoms with van der Waals surface area (Å²) in [6.07, 6.45) is 1.23. The maximum absolute atomic E-state index is 12.9. The number of hydrogen-bond acceptors (Lipinski definition) is 4. The largest absolute Gasteiger partial charge is 0.495 e. The summed E-state index contributed by atoms with van der Waals surface area (Å²) in [5.41, 5.74) is 2.05. The minimum Gasteiger partial charge on any atom is -0.495 e. The molecule has 1 aliphatic rings. The predicted octanol–water partition coefficient (Wildman–Crippen LogP) is 4.49. The third kappa shape index (κ3) is 5.46. The number of hydrogen-bond donors (Lipinski definition) is 1. The standard InChI is InChI=1S/C21H24Cl2N2O4S/c1-14-5-8-20(29-2)19(10-14)24-21(26)15-4-3-9-25(12-15)30(27,28)13-16-6-7-17(22)11-18(16)23/h5-8,10-11,15H,3-4,9,12-13H2,1-2H3,(H,24,26)/t15-/m0/s1. The molecule has 2 aromatic rings. The highest BCUT2D eigenvalue weighted by atomic mass is 35.5. The van der Waals surface area contributed by atoms with Gasteiger partial charge >= 0.3 is 0 Å². The van der Waals surface area contributed by atoms with Crippen LogP contribution in [0.15, 0.2) is 36.4 Å². The lowest BCUT2D eigenvalue weighted by molar-refractivity contribution is -0.120. The molecule has 1 amide bonds. The maximum atomic E-state index is 12.9. The van der Waals surface area contributed by atoms with Gasteiger partial charge in [0, 0.05) is 23.1 Å². The zero-order valence-electron chi connectivity index (χ0n) is 16.8. The number of aryl methyl sites for hydroxylation is 1. The number of nitrogens with one attached hydrogen (secondary N) is 1. The van der Waals surface area contributed by atoms with Gasteiger partial charge in [0.1, 0.15) is 5.75 Å². The second kappa shape index (κ2) is 9.56. The van der Waals surface area contributed by atoms with Crippen molar-refractivity contribution in [3.63, 3.8) is 0 Å². The molecular weight excluding hydrogens is 447 g/mol. The molecular formula is C21H24Cl2N2O4S. The number of piperidine rings is 1. The summed E-state index contributed by atoms with van der Waals surface area (Å²) >= 11 is 12.0. The van der Waals surface area contributed by atoms with Crippen LogP contribution in [0.2, 0.25) is 10.0 Å². The molecule has 0 aliphatic carbocycles. The van der Waals surface area contributed by atoms with Gasteiger partial charge in [0.15, 0.2) is 0 Å². The van der Waals surface area contributed by atoms with E-state index in [-0.39, 0.29) is 18.2 Å². The Kier molecular flexibility index (Phi) is 7.29. The minimum atomic E-state index is -3.63. The number of methoxy groups -OCH3 is 1. The summed E-state index contributed by atoms with van der Waals surface area (Å²) in [4.78, 5) is 12.8. The normalized spacial score (nSPS) is 17.5. The van der Waals surface area contributed by atoms with Crippen molar-refractivity contribution < 1.29 is 17.9 Å². The first-order valence-electron chi connectivity index (χ1n) is 9.57. The van der Waals surface area contributed by atoms with Crippen molar-refractivity contribution in [2.75, 3.05) is 25.5 Å². The van der Waals surface area contributed by atoms with Crippen LogP contribution in [0.4, 0.5) is 5.69 Å². The van der Waals surface area contributed by atoms with E-state index in [1.807, 2.05) is 19.1 Å². The number of rotatable bonds is 6. The van der Waals surface area contributed by atoms with Gasteiger partial charge in [0.2, 0.25) is 15.9 Å². The minimum absolute atomic E-state index is 0.132. The van der Waals surface area contributed by atoms with E-state index >= 15 is 0 Å². The van der Waals surface area contributed by atoms with Crippen LogP contribution in [-0.4, -0.2) is 38.8 Å². The molecule has 9 heteroatoms. The summed E-state index contributed by atoms with van der Waals surface area (Å²) in [6.45, 7) is 2.44. The van der Waals surface area contributed by atoms with Crippen molar-refractivity contribution in [3.05, 3.63) is 57.6 Å². The number of carbonyl (C=O) groups is 1. The van der Waals surface area contributed by atoms with Crippen LogP contribution in [0.5, 0.6) is 5.75 Å². The molecule has 1 heterocycles. The van der Waals surface area contributed by atoms with E-state index in [1.165, 1.54) is 17.5 Å². The molecule has 0 radical (unpaired) electrons. The molecule has 0 spiro atoms. The van der Waals surface area contributed by atoms with Gasteiger partial charge in [0.05, 0.1) is 24.5 Å². The Hall–Kier alpha value is -1.80. The Morgan fingerprint density at radius 3 is 2.70 bits per heavy atom. The highest BCUT2D eigenvalue weighted by Gasteiger charge is 2.33. The van der Waals surface area contributed by atoms with Crippen LogP contribution < -0.4 is 10.1 Å². The topological polar surface area (TPSA) is 75.7 Å². The zero-order chi connectivity index (χ0) is 21.9. The van der Waals surface area contributed by atoms with E-state index < -0.39 is 15.9 Å². The van der Waals surface area contributed by atoms with Gasteiger partial charge in [-0.15, -0.1) is 0 Å². The molecule has 1 aliphatic heterocycles. The number of nitrogens with zero attached hydrogens (tertiary/aromatic N) is 1. The molecule has 1 fully saturated rings. The lowest BCUT2D eigenvalue weighted by Gasteiger charge is -2.31. The summed E-state index contributed by atoms with van der Waals surface area (Å²) in [5, 5.41) is 3.64. The molecule has 0 aromatic heterocycles. The molecule has 0 bridgehead atoms. The van der Waals surface area contributed by atoms with Gasteiger partial charge in [-0.2, -0.15) is 0 Å². The molecule has 1 saturated heterocycles. The van der Waals surface area contributed by atoms with E-state index in [2.05, 4.69) is 5.32 Å². The van der Waals surface area contributed by atoms with Gasteiger partial charge in [-0.25, -0.2) is 12.7 Å². The molecule has 1 atom stereocenters. The number of ether oxygens (including phenoxy) is 1. The summed E-state index contributed by atoms with van der Waals surface area (Å²) < 4.78 is 32.6. The fourth-order valence-electron chi connectivity index (χ4n) is 3.49. The number of halogens is 2. The number of sulfonamides is 1. The highest BCUT2D eigenvalue weighted by Crippen LogP contribution is 2.29. The number of amides is 1. The van der Waals surface area contributed by atoms with Crippen molar-refractivity contribution in [1.82, 2.24) is 4.31 Å². The molecule has 3 rings (SSSR count). The Bertz CT molecular complexity index is 1040. The van der Waals surface area contributed by atoms with Crippen LogP contribution in [0.1, 0.15) is 24.0 Å². The van der Waals surface area contributed by atoms with Crippen LogP contribution >= 0.6 is 23.2 Å². The fraction of sp³-hybridized carbons (Fsp3) is 0.381. The van der Waals surface area contributed by atoms with E-state index in [9.17, 15) is 13.2 Å². The molecule has 6 nitrogen and oxygen atoms in total. The molecule has 0 saturated carbocycles. The SMILES string of the molecule is COc1ccc(C)cc1NC(=O)[C@H]1CCCN(S(=O)(=O)Cc2ccc(Cl)cc2Cl)C1. The fourth-order valence-corrected chi connectivity index (χ4v) is 5.69. The first-order valence-corrected chi connectivity index (χ1v) is 11.9. The second-order valence-electron chi connectivity index (χ2n) is 7.38. The van der Waals surface area contributed by atoms with Crippen LogP contribution in [0.25, 0.3) is 0 Å². The van der Waals surface area contributed by atoms with Crippen molar-refractivity contribution in [2.45, 2.75) is 25.5 Å². The molecule has 162 valence electrons. The Morgan fingerprint density at radius 2 is 2.00 bits per heavy atom. The summed E-state index contributed by atoms with van der Waals surface area (Å²) in [6, 6.07) is 10.3. The van der Waals surface area contributed by atoms with Crippen molar-refractivity contribution in [2.24, 2.45) is 5.92 Å². The van der Waals surface area contributed by atoms with E-state index in [0.717, 1.165) is 5.56 Å². The van der Waals surface area contributed by atoms with Crippen LogP contribution in [0, 0.1) is 12.8 Å². The van der Waals surface area contributed by atoms with E-state index in [4.69, 9.17) is 27.9 Å². The zero-order valence-corrected chi connectivity index (χ0v) is 19.1. The van der Waals surface area contributed by atoms with Crippen molar-refractivity contribution >= 4 is 44.8 Å². The number of carbonyl (C=O) groups excluding carboxylic acids is 1. The van der Waals surface area contributed by atoms with Crippen LogP contribution in [-0.2, 0) is 20.6 Å². The van der Waals surface area contributed by atoms with E-state index in [1.54, 1.807) is 18.2 Å². The molecule has 2 aromatic carbocycles. The first kappa shape index (κ1) is 22.9. The third-order valence-electron chi connectivity index (χ3n) is 5.11. The summed E-state index contributed by atoms with van der Waals surface area (Å²) in [7, 11) is -2.09. The highest BCUT2D eigenvalue weighted by molar-refractivity contribution is 7.88. The molecule has 30 heavy (non-hydrogen) atoms. The first-order chi connectivity index (χ1) is 14.2. The summed E-state index contributed by atoms with van der Waals surface area (Å²) in [5.74, 6) is -0.336. The van der Waals surface area contributed by atoms with Gasteiger partial charge in [0.25, 0.3) is 0 Å². The van der Waals surface area contributed by atoms with E-state index in [0.29, 0.717) is 46.4 Å². The predicted molar refractivity (Wildman–Crippen MR) is 120 cm³/mol. The van der Waals surface area contributed by atoms with Gasteiger partial charge < -0.3 is 10.1 Å². The Balaban J connectivity index is 1.71. The Labute approximate surface area is 187 Å². The van der Waals surface area contributed by atoms with Crippen molar-refractivity contribution in [1.29, 1.82) is 0 Å². The Morgan fingerprint density at radius 1 is 1.23 bits per heavy atom. The average molecular weight is 471 g/mol. The third-order valence-corrected chi connectivity index (χ3v) is 7.50.